The van der Waals surface area contributed by atoms with E-state index in [1.165, 1.54) is 6.07 Å². The van der Waals surface area contributed by atoms with Crippen LogP contribution in [0, 0.1) is 18.6 Å². The van der Waals surface area contributed by atoms with Gasteiger partial charge >= 0.3 is 5.97 Å². The van der Waals surface area contributed by atoms with Crippen LogP contribution in [0.5, 0.6) is 5.75 Å². The van der Waals surface area contributed by atoms with Crippen LogP contribution in [0.1, 0.15) is 15.2 Å². The first-order valence-electron chi connectivity index (χ1n) is 9.28. The number of hydrogen-bond acceptors (Lipinski definition) is 6. The van der Waals surface area contributed by atoms with Crippen molar-refractivity contribution < 1.29 is 23.0 Å². The number of aromatic amines is 1. The molecule has 6 nitrogen and oxygen atoms in total. The SMILES string of the molecule is Cc1c(C(=O)OCCOc2ccccc2)sc2nc(-c3c(F)cccc3F)[nH]c(=O)c12. The second-order valence-electron chi connectivity index (χ2n) is 6.54. The van der Waals surface area contributed by atoms with E-state index in [9.17, 15) is 18.4 Å². The fourth-order valence-electron chi connectivity index (χ4n) is 3.06. The Morgan fingerprint density at radius 1 is 1.06 bits per heavy atom. The van der Waals surface area contributed by atoms with Gasteiger partial charge in [-0.15, -0.1) is 11.3 Å². The second-order valence-corrected chi connectivity index (χ2v) is 7.54. The summed E-state index contributed by atoms with van der Waals surface area (Å²) in [5.41, 5.74) is -0.638. The zero-order valence-electron chi connectivity index (χ0n) is 16.3. The number of rotatable bonds is 6. The number of ether oxygens (including phenoxy) is 2. The molecule has 0 fully saturated rings. The smallest absolute Gasteiger partial charge is 0.348 e. The van der Waals surface area contributed by atoms with Crippen molar-refractivity contribution in [3.05, 3.63) is 81.0 Å². The van der Waals surface area contributed by atoms with Crippen molar-refractivity contribution in [3.63, 3.8) is 0 Å². The Bertz CT molecular complexity index is 1300. The largest absolute Gasteiger partial charge is 0.490 e. The van der Waals surface area contributed by atoms with E-state index in [4.69, 9.17) is 9.47 Å². The van der Waals surface area contributed by atoms with Crippen molar-refractivity contribution >= 4 is 27.5 Å². The predicted octanol–water partition coefficient (Wildman–Crippen LogP) is 4.47. The van der Waals surface area contributed by atoms with Crippen LogP contribution in [-0.4, -0.2) is 29.2 Å². The van der Waals surface area contributed by atoms with Gasteiger partial charge in [0.2, 0.25) is 0 Å². The van der Waals surface area contributed by atoms with E-state index in [0.717, 1.165) is 23.5 Å². The van der Waals surface area contributed by atoms with Gasteiger partial charge in [-0.2, -0.15) is 0 Å². The first-order valence-corrected chi connectivity index (χ1v) is 10.1. The average Bonchev–Trinajstić information content (AvgIpc) is 3.09. The van der Waals surface area contributed by atoms with E-state index in [1.54, 1.807) is 19.1 Å². The summed E-state index contributed by atoms with van der Waals surface area (Å²) in [6.45, 7) is 1.77. The minimum Gasteiger partial charge on any atom is -0.490 e. The molecule has 158 valence electrons. The lowest BCUT2D eigenvalue weighted by molar-refractivity contribution is 0.0455. The van der Waals surface area contributed by atoms with Crippen molar-refractivity contribution in [1.29, 1.82) is 0 Å². The molecular weight excluding hydrogens is 426 g/mol. The van der Waals surface area contributed by atoms with Gasteiger partial charge in [-0.05, 0) is 36.8 Å². The van der Waals surface area contributed by atoms with E-state index in [2.05, 4.69) is 9.97 Å². The van der Waals surface area contributed by atoms with Crippen molar-refractivity contribution in [2.24, 2.45) is 0 Å². The van der Waals surface area contributed by atoms with Crippen LogP contribution in [0.25, 0.3) is 21.6 Å². The van der Waals surface area contributed by atoms with Crippen LogP contribution < -0.4 is 10.3 Å². The van der Waals surface area contributed by atoms with Gasteiger partial charge in [0.25, 0.3) is 5.56 Å². The van der Waals surface area contributed by atoms with Gasteiger partial charge in [-0.25, -0.2) is 18.6 Å². The van der Waals surface area contributed by atoms with Crippen molar-refractivity contribution in [1.82, 2.24) is 9.97 Å². The number of benzene rings is 2. The number of carbonyl (C=O) groups excluding carboxylic acids is 1. The lowest BCUT2D eigenvalue weighted by Crippen LogP contribution is -2.13. The van der Waals surface area contributed by atoms with Crippen LogP contribution in [0.2, 0.25) is 0 Å². The highest BCUT2D eigenvalue weighted by atomic mass is 32.1. The second kappa shape index (κ2) is 8.65. The van der Waals surface area contributed by atoms with Crippen LogP contribution in [0.4, 0.5) is 8.78 Å². The Balaban J connectivity index is 1.56. The summed E-state index contributed by atoms with van der Waals surface area (Å²) >= 11 is 0.930. The molecule has 0 spiro atoms. The van der Waals surface area contributed by atoms with Gasteiger partial charge in [-0.1, -0.05) is 24.3 Å². The molecule has 0 saturated heterocycles. The van der Waals surface area contributed by atoms with E-state index in [0.29, 0.717) is 11.3 Å². The molecule has 0 bridgehead atoms. The van der Waals surface area contributed by atoms with Gasteiger partial charge in [0, 0.05) is 0 Å². The molecule has 2 aromatic carbocycles. The van der Waals surface area contributed by atoms with Crippen LogP contribution >= 0.6 is 11.3 Å². The molecule has 4 rings (SSSR count). The first kappa shape index (κ1) is 20.7. The lowest BCUT2D eigenvalue weighted by Gasteiger charge is -2.06. The normalized spacial score (nSPS) is 10.9. The van der Waals surface area contributed by atoms with Crippen molar-refractivity contribution in [3.8, 4) is 17.1 Å². The van der Waals surface area contributed by atoms with E-state index >= 15 is 0 Å². The molecule has 31 heavy (non-hydrogen) atoms. The fourth-order valence-corrected chi connectivity index (χ4v) is 4.13. The number of carbonyl (C=O) groups is 1. The number of hydrogen-bond donors (Lipinski definition) is 1. The molecule has 0 aliphatic heterocycles. The van der Waals surface area contributed by atoms with Gasteiger partial charge in [-0.3, -0.25) is 4.79 Å². The Hall–Kier alpha value is -3.59. The Morgan fingerprint density at radius 2 is 1.77 bits per heavy atom. The van der Waals surface area contributed by atoms with Gasteiger partial charge < -0.3 is 14.5 Å². The highest BCUT2D eigenvalue weighted by Gasteiger charge is 2.22. The Morgan fingerprint density at radius 3 is 2.48 bits per heavy atom. The predicted molar refractivity (Wildman–Crippen MR) is 113 cm³/mol. The maximum Gasteiger partial charge on any atom is 0.348 e. The topological polar surface area (TPSA) is 81.3 Å². The summed E-state index contributed by atoms with van der Waals surface area (Å²) < 4.78 is 38.9. The summed E-state index contributed by atoms with van der Waals surface area (Å²) in [5, 5.41) is 0.179. The van der Waals surface area contributed by atoms with Crippen LogP contribution in [0.15, 0.2) is 53.3 Å². The van der Waals surface area contributed by atoms with E-state index in [1.807, 2.05) is 18.2 Å². The number of H-pyrrole nitrogens is 1. The minimum absolute atomic E-state index is 0.0108. The third-order valence-corrected chi connectivity index (χ3v) is 5.68. The molecular formula is C22H16F2N2O4S. The number of esters is 1. The monoisotopic (exact) mass is 442 g/mol. The van der Waals surface area contributed by atoms with Crippen molar-refractivity contribution in [2.75, 3.05) is 13.2 Å². The molecule has 0 atom stereocenters. The zero-order chi connectivity index (χ0) is 22.0. The Kier molecular flexibility index (Phi) is 5.77. The quantitative estimate of drug-likeness (QED) is 0.352. The third kappa shape index (κ3) is 4.17. The molecule has 0 saturated carbocycles. The molecule has 0 aliphatic carbocycles. The summed E-state index contributed by atoms with van der Waals surface area (Å²) in [4.78, 5) is 32.0. The fraction of sp³-hybridized carbons (Fsp3) is 0.136. The highest BCUT2D eigenvalue weighted by molar-refractivity contribution is 7.20. The summed E-state index contributed by atoms with van der Waals surface area (Å²) in [5.74, 6) is -1.93. The average molecular weight is 442 g/mol. The summed E-state index contributed by atoms with van der Waals surface area (Å²) in [6.07, 6.45) is 0. The van der Waals surface area contributed by atoms with Gasteiger partial charge in [0.1, 0.15) is 46.1 Å². The Labute approximate surface area is 179 Å². The van der Waals surface area contributed by atoms with E-state index < -0.39 is 28.7 Å². The number of nitrogens with one attached hydrogen (secondary N) is 1. The molecule has 0 aliphatic rings. The highest BCUT2D eigenvalue weighted by Crippen LogP contribution is 2.30. The van der Waals surface area contributed by atoms with E-state index in [-0.39, 0.29) is 34.1 Å². The molecule has 9 heteroatoms. The lowest BCUT2D eigenvalue weighted by atomic mass is 10.1. The maximum absolute atomic E-state index is 14.1. The number of thiophene rings is 1. The third-order valence-electron chi connectivity index (χ3n) is 4.51. The standard InChI is InChI=1S/C22H16F2N2O4S/c1-12-16-20(27)25-19(17-14(23)8-5-9-15(17)24)26-21(16)31-18(12)22(28)30-11-10-29-13-6-3-2-4-7-13/h2-9H,10-11H2,1H3,(H,25,26,27). The number of halogens is 2. The number of nitrogens with zero attached hydrogens (tertiary/aromatic N) is 1. The molecule has 2 heterocycles. The number of aryl methyl sites for hydroxylation is 1. The number of para-hydroxylation sites is 1. The number of fused-ring (bicyclic) bond motifs is 1. The molecule has 1 N–H and O–H groups in total. The van der Waals surface area contributed by atoms with Crippen molar-refractivity contribution in [2.45, 2.75) is 6.92 Å². The number of aromatic nitrogens is 2. The molecule has 4 aromatic rings. The van der Waals surface area contributed by atoms with Crippen LogP contribution in [0.3, 0.4) is 0 Å². The van der Waals surface area contributed by atoms with Gasteiger partial charge in [0.05, 0.1) is 10.9 Å². The van der Waals surface area contributed by atoms with Gasteiger partial charge in [0.15, 0.2) is 0 Å². The molecule has 0 radical (unpaired) electrons. The van der Waals surface area contributed by atoms with Crippen LogP contribution in [-0.2, 0) is 4.74 Å². The molecule has 2 aromatic heterocycles. The summed E-state index contributed by atoms with van der Waals surface area (Å²) in [7, 11) is 0. The first-order chi connectivity index (χ1) is 15.0. The maximum atomic E-state index is 14.1. The zero-order valence-corrected chi connectivity index (χ0v) is 17.1. The molecule has 0 amide bonds. The minimum atomic E-state index is -0.853. The summed E-state index contributed by atoms with van der Waals surface area (Å²) in [6, 6.07) is 12.4. The molecule has 0 unspecified atom stereocenters.